The van der Waals surface area contributed by atoms with Crippen molar-refractivity contribution in [3.8, 4) is 0 Å². The van der Waals surface area contributed by atoms with Crippen LogP contribution in [0.3, 0.4) is 0 Å². The predicted octanol–water partition coefficient (Wildman–Crippen LogP) is -0.504. The van der Waals surface area contributed by atoms with E-state index >= 15 is 0 Å². The standard InChI is InChI=1S/C9H19N3O/c1-7-6-12(5-4-11(7)3)9(13)8(2)10/h7-8H,4-6,10H2,1-3H3. The molecule has 1 amide bonds. The largest absolute Gasteiger partial charge is 0.339 e. The average molecular weight is 185 g/mol. The molecule has 0 aromatic carbocycles. The van der Waals surface area contributed by atoms with E-state index in [2.05, 4.69) is 18.9 Å². The highest BCUT2D eigenvalue weighted by Crippen LogP contribution is 2.07. The molecule has 2 N–H and O–H groups in total. The second-order valence-electron chi connectivity index (χ2n) is 3.90. The van der Waals surface area contributed by atoms with E-state index in [0.29, 0.717) is 6.04 Å². The molecule has 1 rings (SSSR count). The van der Waals surface area contributed by atoms with Crippen molar-refractivity contribution < 1.29 is 4.79 Å². The maximum absolute atomic E-state index is 11.5. The Morgan fingerprint density at radius 1 is 1.54 bits per heavy atom. The molecule has 1 fully saturated rings. The highest BCUT2D eigenvalue weighted by molar-refractivity contribution is 5.81. The van der Waals surface area contributed by atoms with Gasteiger partial charge in [-0.05, 0) is 20.9 Å². The molecular weight excluding hydrogens is 166 g/mol. The van der Waals surface area contributed by atoms with Gasteiger partial charge in [-0.1, -0.05) is 0 Å². The van der Waals surface area contributed by atoms with Crippen molar-refractivity contribution in [3.05, 3.63) is 0 Å². The summed E-state index contributed by atoms with van der Waals surface area (Å²) in [6, 6.07) is 0.0760. The lowest BCUT2D eigenvalue weighted by Gasteiger charge is -2.38. The van der Waals surface area contributed by atoms with Gasteiger partial charge in [0.2, 0.25) is 5.91 Å². The molecule has 0 aliphatic carbocycles. The van der Waals surface area contributed by atoms with Gasteiger partial charge in [-0.25, -0.2) is 0 Å². The van der Waals surface area contributed by atoms with Crippen LogP contribution in [0.5, 0.6) is 0 Å². The third kappa shape index (κ3) is 2.42. The summed E-state index contributed by atoms with van der Waals surface area (Å²) in [4.78, 5) is 15.6. The van der Waals surface area contributed by atoms with Gasteiger partial charge in [0.15, 0.2) is 0 Å². The number of carbonyl (C=O) groups excluding carboxylic acids is 1. The van der Waals surface area contributed by atoms with Crippen LogP contribution in [0.25, 0.3) is 0 Å². The Morgan fingerprint density at radius 3 is 2.62 bits per heavy atom. The first-order valence-corrected chi connectivity index (χ1v) is 4.77. The molecule has 2 unspecified atom stereocenters. The second-order valence-corrected chi connectivity index (χ2v) is 3.90. The van der Waals surface area contributed by atoms with Crippen LogP contribution in [0.15, 0.2) is 0 Å². The van der Waals surface area contributed by atoms with Crippen LogP contribution in [0.2, 0.25) is 0 Å². The van der Waals surface area contributed by atoms with E-state index in [1.54, 1.807) is 6.92 Å². The van der Waals surface area contributed by atoms with Gasteiger partial charge in [0.05, 0.1) is 6.04 Å². The molecule has 13 heavy (non-hydrogen) atoms. The Labute approximate surface area is 79.7 Å². The van der Waals surface area contributed by atoms with Crippen molar-refractivity contribution in [3.63, 3.8) is 0 Å². The topological polar surface area (TPSA) is 49.6 Å². The number of rotatable bonds is 1. The molecule has 0 radical (unpaired) electrons. The van der Waals surface area contributed by atoms with Gasteiger partial charge < -0.3 is 15.5 Å². The molecule has 1 aliphatic heterocycles. The fourth-order valence-electron chi connectivity index (χ4n) is 1.54. The summed E-state index contributed by atoms with van der Waals surface area (Å²) in [6.07, 6.45) is 0. The van der Waals surface area contributed by atoms with Crippen molar-refractivity contribution in [2.75, 3.05) is 26.7 Å². The zero-order chi connectivity index (χ0) is 10.0. The molecule has 0 aromatic rings. The van der Waals surface area contributed by atoms with Crippen molar-refractivity contribution in [1.29, 1.82) is 0 Å². The maximum Gasteiger partial charge on any atom is 0.239 e. The first-order chi connectivity index (χ1) is 6.02. The third-order valence-corrected chi connectivity index (χ3v) is 2.66. The lowest BCUT2D eigenvalue weighted by atomic mass is 10.2. The van der Waals surface area contributed by atoms with Gasteiger partial charge in [-0.2, -0.15) is 0 Å². The van der Waals surface area contributed by atoms with Crippen molar-refractivity contribution in [2.45, 2.75) is 25.9 Å². The third-order valence-electron chi connectivity index (χ3n) is 2.66. The zero-order valence-corrected chi connectivity index (χ0v) is 8.66. The lowest BCUT2D eigenvalue weighted by molar-refractivity contribution is -0.134. The van der Waals surface area contributed by atoms with E-state index in [1.807, 2.05) is 4.90 Å². The molecule has 2 atom stereocenters. The van der Waals surface area contributed by atoms with Gasteiger partial charge in [0.25, 0.3) is 0 Å². The minimum absolute atomic E-state index is 0.0694. The lowest BCUT2D eigenvalue weighted by Crippen LogP contribution is -2.55. The molecule has 1 aliphatic rings. The molecule has 4 nitrogen and oxygen atoms in total. The number of hydrogen-bond donors (Lipinski definition) is 1. The smallest absolute Gasteiger partial charge is 0.239 e. The van der Waals surface area contributed by atoms with E-state index < -0.39 is 0 Å². The number of nitrogens with two attached hydrogens (primary N) is 1. The van der Waals surface area contributed by atoms with Gasteiger partial charge >= 0.3 is 0 Å². The summed E-state index contributed by atoms with van der Waals surface area (Å²) in [5.74, 6) is 0.0694. The van der Waals surface area contributed by atoms with Crippen LogP contribution in [-0.2, 0) is 4.79 Å². The number of carbonyl (C=O) groups is 1. The van der Waals surface area contributed by atoms with Gasteiger partial charge in [-0.15, -0.1) is 0 Å². The van der Waals surface area contributed by atoms with E-state index in [0.717, 1.165) is 19.6 Å². The summed E-state index contributed by atoms with van der Waals surface area (Å²) in [7, 11) is 2.08. The predicted molar refractivity (Wildman–Crippen MR) is 52.3 cm³/mol. The Balaban J connectivity index is 2.50. The first kappa shape index (κ1) is 10.5. The zero-order valence-electron chi connectivity index (χ0n) is 8.66. The maximum atomic E-state index is 11.5. The average Bonchev–Trinajstić information content (AvgIpc) is 2.08. The Kier molecular flexibility index (Phi) is 3.27. The molecule has 0 aromatic heterocycles. The number of hydrogen-bond acceptors (Lipinski definition) is 3. The van der Waals surface area contributed by atoms with Crippen LogP contribution < -0.4 is 5.73 Å². The van der Waals surface area contributed by atoms with Crippen molar-refractivity contribution >= 4 is 5.91 Å². The molecule has 0 bridgehead atoms. The molecule has 76 valence electrons. The van der Waals surface area contributed by atoms with Crippen LogP contribution in [0.1, 0.15) is 13.8 Å². The summed E-state index contributed by atoms with van der Waals surface area (Å²) in [5, 5.41) is 0. The fraction of sp³-hybridized carbons (Fsp3) is 0.889. The van der Waals surface area contributed by atoms with E-state index in [9.17, 15) is 4.79 Å². The van der Waals surface area contributed by atoms with Crippen LogP contribution in [0.4, 0.5) is 0 Å². The Morgan fingerprint density at radius 2 is 2.15 bits per heavy atom. The second kappa shape index (κ2) is 4.07. The van der Waals surface area contributed by atoms with Crippen molar-refractivity contribution in [2.24, 2.45) is 5.73 Å². The minimum Gasteiger partial charge on any atom is -0.339 e. The van der Waals surface area contributed by atoms with Crippen molar-refractivity contribution in [1.82, 2.24) is 9.80 Å². The number of piperazine rings is 1. The quantitative estimate of drug-likeness (QED) is 0.599. The van der Waals surface area contributed by atoms with Crippen LogP contribution >= 0.6 is 0 Å². The van der Waals surface area contributed by atoms with Gasteiger partial charge in [-0.3, -0.25) is 4.79 Å². The Hall–Kier alpha value is -0.610. The number of amides is 1. The molecule has 1 saturated heterocycles. The molecule has 0 spiro atoms. The molecular formula is C9H19N3O. The number of nitrogens with zero attached hydrogens (tertiary/aromatic N) is 2. The van der Waals surface area contributed by atoms with Gasteiger partial charge in [0, 0.05) is 25.7 Å². The molecule has 1 heterocycles. The normalized spacial score (nSPS) is 27.4. The highest BCUT2D eigenvalue weighted by Gasteiger charge is 2.25. The van der Waals surface area contributed by atoms with Crippen LogP contribution in [0, 0.1) is 0 Å². The SMILES string of the molecule is CC(N)C(=O)N1CCN(C)C(C)C1. The minimum atomic E-state index is -0.365. The van der Waals surface area contributed by atoms with Gasteiger partial charge in [0.1, 0.15) is 0 Å². The summed E-state index contributed by atoms with van der Waals surface area (Å²) < 4.78 is 0. The Bertz CT molecular complexity index is 193. The van der Waals surface area contributed by atoms with E-state index in [-0.39, 0.29) is 11.9 Å². The summed E-state index contributed by atoms with van der Waals surface area (Å²) in [6.45, 7) is 6.42. The highest BCUT2D eigenvalue weighted by atomic mass is 16.2. The summed E-state index contributed by atoms with van der Waals surface area (Å²) in [5.41, 5.74) is 5.54. The molecule has 0 saturated carbocycles. The fourth-order valence-corrected chi connectivity index (χ4v) is 1.54. The molecule has 4 heteroatoms. The monoisotopic (exact) mass is 185 g/mol. The number of likely N-dealkylation sites (N-methyl/N-ethyl adjacent to an activating group) is 1. The first-order valence-electron chi connectivity index (χ1n) is 4.77. The van der Waals surface area contributed by atoms with E-state index in [4.69, 9.17) is 5.73 Å². The van der Waals surface area contributed by atoms with Crippen LogP contribution in [-0.4, -0.2) is 54.5 Å². The van der Waals surface area contributed by atoms with E-state index in [1.165, 1.54) is 0 Å². The summed E-state index contributed by atoms with van der Waals surface area (Å²) >= 11 is 0.